The van der Waals surface area contributed by atoms with Crippen molar-refractivity contribution in [1.29, 1.82) is 0 Å². The first-order valence-electron chi connectivity index (χ1n) is 9.58. The van der Waals surface area contributed by atoms with Gasteiger partial charge in [-0.25, -0.2) is 9.78 Å². The van der Waals surface area contributed by atoms with Crippen LogP contribution >= 0.6 is 0 Å². The van der Waals surface area contributed by atoms with Crippen molar-refractivity contribution >= 4 is 12.0 Å². The summed E-state index contributed by atoms with van der Waals surface area (Å²) in [7, 11) is 1.26. The number of carbonyl (C=O) groups excluding carboxylic acids is 2. The highest BCUT2D eigenvalue weighted by Crippen LogP contribution is 2.37. The molecule has 0 saturated heterocycles. The maximum Gasteiger partial charge on any atom is 0.407 e. The van der Waals surface area contributed by atoms with Crippen LogP contribution in [0.5, 0.6) is 0 Å². The van der Waals surface area contributed by atoms with E-state index in [2.05, 4.69) is 39.2 Å². The third-order valence-electron chi connectivity index (χ3n) is 3.10. The zero-order valence-corrected chi connectivity index (χ0v) is 17.8. The molecule has 1 aromatic rings. The quantitative estimate of drug-likeness (QED) is 0.736. The molecular weight excluding hydrogens is 332 g/mol. The van der Waals surface area contributed by atoms with Crippen molar-refractivity contribution in [2.24, 2.45) is 0 Å². The van der Waals surface area contributed by atoms with Gasteiger partial charge in [0.05, 0.1) is 7.11 Å². The van der Waals surface area contributed by atoms with E-state index in [1.165, 1.54) is 13.5 Å². The van der Waals surface area contributed by atoms with E-state index < -0.39 is 6.09 Å². The zero-order chi connectivity index (χ0) is 20.6. The Morgan fingerprint density at radius 2 is 1.77 bits per heavy atom. The molecule has 0 radical (unpaired) electrons. The van der Waals surface area contributed by atoms with Crippen molar-refractivity contribution in [3.05, 3.63) is 17.7 Å². The average molecular weight is 371 g/mol. The highest BCUT2D eigenvalue weighted by molar-refractivity contribution is 5.83. The summed E-state index contributed by atoms with van der Waals surface area (Å²) in [5.41, 5.74) is 0.795. The second-order valence-corrected chi connectivity index (χ2v) is 5.57. The molecular formula is C19H38N4O3. The molecule has 0 aromatic carbocycles. The van der Waals surface area contributed by atoms with Crippen molar-refractivity contribution in [2.45, 2.75) is 79.7 Å². The maximum absolute atomic E-state index is 11.7. The molecule has 2 amide bonds. The van der Waals surface area contributed by atoms with Crippen LogP contribution in [0.2, 0.25) is 0 Å². The number of ether oxygens (including phenoxy) is 1. The number of hydrogen-bond acceptors (Lipinski definition) is 4. The molecule has 1 aliphatic carbocycles. The molecule has 0 atom stereocenters. The Morgan fingerprint density at radius 1 is 1.23 bits per heavy atom. The number of alkyl carbamates (subject to hydrolysis) is 1. The van der Waals surface area contributed by atoms with E-state index in [4.69, 9.17) is 0 Å². The number of rotatable bonds is 5. The number of aromatic nitrogens is 2. The summed E-state index contributed by atoms with van der Waals surface area (Å²) in [4.78, 5) is 30.0. The minimum Gasteiger partial charge on any atom is -0.453 e. The lowest BCUT2D eigenvalue weighted by Gasteiger charge is -2.16. The molecule has 0 bridgehead atoms. The fraction of sp³-hybridized carbons (Fsp3) is 0.737. The first-order valence-corrected chi connectivity index (χ1v) is 9.58. The van der Waals surface area contributed by atoms with Crippen LogP contribution in [0.4, 0.5) is 4.79 Å². The lowest BCUT2D eigenvalue weighted by Crippen LogP contribution is -2.44. The Hall–Kier alpha value is -2.05. The number of amides is 2. The smallest absolute Gasteiger partial charge is 0.407 e. The van der Waals surface area contributed by atoms with Crippen molar-refractivity contribution in [3.63, 3.8) is 0 Å². The van der Waals surface area contributed by atoms with Gasteiger partial charge in [0.2, 0.25) is 5.91 Å². The summed E-state index contributed by atoms with van der Waals surface area (Å²) in [5, 5.41) is 5.29. The van der Waals surface area contributed by atoms with Crippen molar-refractivity contribution in [1.82, 2.24) is 20.6 Å². The van der Waals surface area contributed by atoms with Gasteiger partial charge in [-0.15, -0.1) is 0 Å². The van der Waals surface area contributed by atoms with Crippen LogP contribution in [0.3, 0.4) is 0 Å². The van der Waals surface area contributed by atoms with E-state index >= 15 is 0 Å². The number of methoxy groups -OCH3 is 1. The highest BCUT2D eigenvalue weighted by Gasteiger charge is 2.44. The van der Waals surface area contributed by atoms with Crippen LogP contribution in [-0.4, -0.2) is 41.2 Å². The number of hydrogen-bond donors (Lipinski definition) is 3. The Balaban J connectivity index is 0. The molecule has 7 heteroatoms. The third-order valence-corrected chi connectivity index (χ3v) is 3.10. The minimum absolute atomic E-state index is 0.0778. The van der Waals surface area contributed by atoms with E-state index in [1.807, 2.05) is 34.6 Å². The van der Waals surface area contributed by atoms with E-state index in [-0.39, 0.29) is 18.0 Å². The zero-order valence-electron chi connectivity index (χ0n) is 17.8. The molecule has 2 rings (SSSR count). The van der Waals surface area contributed by atoms with Crippen LogP contribution in [0.1, 0.15) is 72.3 Å². The number of H-pyrrole nitrogens is 1. The van der Waals surface area contributed by atoms with Crippen LogP contribution in [0, 0.1) is 6.92 Å². The summed E-state index contributed by atoms with van der Waals surface area (Å²) >= 11 is 0. The van der Waals surface area contributed by atoms with Crippen molar-refractivity contribution in [2.75, 3.05) is 13.7 Å². The molecule has 1 aliphatic rings. The predicted octanol–water partition coefficient (Wildman–Crippen LogP) is 3.73. The molecule has 26 heavy (non-hydrogen) atoms. The molecule has 0 spiro atoms. The summed E-state index contributed by atoms with van der Waals surface area (Å²) < 4.78 is 4.40. The van der Waals surface area contributed by atoms with Crippen molar-refractivity contribution < 1.29 is 14.3 Å². The molecule has 0 aliphatic heterocycles. The fourth-order valence-corrected chi connectivity index (χ4v) is 1.94. The molecule has 1 fully saturated rings. The monoisotopic (exact) mass is 370 g/mol. The summed E-state index contributed by atoms with van der Waals surface area (Å²) in [6.07, 6.45) is 4.95. The minimum atomic E-state index is -0.610. The second kappa shape index (κ2) is 15.2. The van der Waals surface area contributed by atoms with Gasteiger partial charge in [0.15, 0.2) is 0 Å². The Kier molecular flexibility index (Phi) is 15.3. The molecule has 1 aromatic heterocycles. The van der Waals surface area contributed by atoms with E-state index in [9.17, 15) is 9.59 Å². The summed E-state index contributed by atoms with van der Waals surface area (Å²) in [6, 6.07) is 0. The van der Waals surface area contributed by atoms with E-state index in [0.717, 1.165) is 24.4 Å². The van der Waals surface area contributed by atoms with Gasteiger partial charge >= 0.3 is 6.09 Å². The topological polar surface area (TPSA) is 96.1 Å². The third kappa shape index (κ3) is 11.5. The maximum atomic E-state index is 11.7. The van der Waals surface area contributed by atoms with Gasteiger partial charge in [0, 0.05) is 23.9 Å². The first kappa shape index (κ1) is 26.2. The van der Waals surface area contributed by atoms with Crippen molar-refractivity contribution in [3.8, 4) is 0 Å². The highest BCUT2D eigenvalue weighted by atomic mass is 16.5. The summed E-state index contributed by atoms with van der Waals surface area (Å²) in [5.74, 6) is 0.655. The van der Waals surface area contributed by atoms with Gasteiger partial charge in [-0.2, -0.15) is 0 Å². The molecule has 152 valence electrons. The van der Waals surface area contributed by atoms with Gasteiger partial charge in [0.1, 0.15) is 12.4 Å². The van der Waals surface area contributed by atoms with E-state index in [1.54, 1.807) is 6.20 Å². The number of nitrogens with one attached hydrogen (secondary N) is 3. The lowest BCUT2D eigenvalue weighted by atomic mass is 10.1. The Labute approximate surface area is 158 Å². The number of aromatic amines is 1. The SMILES string of the molecule is CC.CC.CCC.COC(=O)NCC(=O)NC1(Cc2ncc(C)[nH]2)CC1. The molecule has 3 N–H and O–H groups in total. The average Bonchev–Trinajstić information content (AvgIpc) is 3.27. The van der Waals surface area contributed by atoms with Crippen LogP contribution in [0.15, 0.2) is 6.20 Å². The molecule has 7 nitrogen and oxygen atoms in total. The lowest BCUT2D eigenvalue weighted by molar-refractivity contribution is -0.121. The molecule has 1 heterocycles. The van der Waals surface area contributed by atoms with Gasteiger partial charge in [-0.1, -0.05) is 48.0 Å². The normalized spacial score (nSPS) is 12.6. The van der Waals surface area contributed by atoms with Crippen LogP contribution in [-0.2, 0) is 16.0 Å². The Bertz CT molecular complexity index is 497. The molecule has 0 unspecified atom stereocenters. The van der Waals surface area contributed by atoms with Gasteiger partial charge in [0.25, 0.3) is 0 Å². The number of carbonyl (C=O) groups is 2. The van der Waals surface area contributed by atoms with Gasteiger partial charge < -0.3 is 20.4 Å². The first-order chi connectivity index (χ1) is 12.4. The van der Waals surface area contributed by atoms with Gasteiger partial charge in [-0.3, -0.25) is 4.79 Å². The summed E-state index contributed by atoms with van der Waals surface area (Å²) in [6.45, 7) is 14.1. The predicted molar refractivity (Wildman–Crippen MR) is 106 cm³/mol. The second-order valence-electron chi connectivity index (χ2n) is 5.57. The molecule has 1 saturated carbocycles. The van der Waals surface area contributed by atoms with Crippen LogP contribution in [0.25, 0.3) is 0 Å². The standard InChI is InChI=1S/C12H18N4O3.C3H8.2C2H6/c1-8-6-13-9(15-8)5-12(3-4-12)16-10(17)7-14-11(18)19-2;1-3-2;2*1-2/h6H,3-5,7H2,1-2H3,(H,13,15)(H,14,18)(H,16,17);3H2,1-2H3;2*1-2H3. The van der Waals surface area contributed by atoms with Gasteiger partial charge in [-0.05, 0) is 19.8 Å². The van der Waals surface area contributed by atoms with Crippen LogP contribution < -0.4 is 10.6 Å². The number of nitrogens with zero attached hydrogens (tertiary/aromatic N) is 1. The fourth-order valence-electron chi connectivity index (χ4n) is 1.94. The Morgan fingerprint density at radius 3 is 2.15 bits per heavy atom. The largest absolute Gasteiger partial charge is 0.453 e. The van der Waals surface area contributed by atoms with E-state index in [0.29, 0.717) is 6.42 Å². The number of aryl methyl sites for hydroxylation is 1. The number of imidazole rings is 1.